The molecule has 0 bridgehead atoms. The summed E-state index contributed by atoms with van der Waals surface area (Å²) >= 11 is 0. The maximum Gasteiger partial charge on any atom is 0.331 e. The van der Waals surface area contributed by atoms with Gasteiger partial charge in [0.15, 0.2) is 0 Å². The summed E-state index contributed by atoms with van der Waals surface area (Å²) < 4.78 is 0. The molecule has 0 heterocycles. The Bertz CT molecular complexity index is 344. The molecule has 2 heteroatoms. The molecule has 26 heavy (non-hydrogen) atoms. The average molecular weight is 365 g/mol. The van der Waals surface area contributed by atoms with Crippen LogP contribution in [0.25, 0.3) is 0 Å². The lowest BCUT2D eigenvalue weighted by Crippen LogP contribution is -2.15. The van der Waals surface area contributed by atoms with Crippen LogP contribution in [0.2, 0.25) is 0 Å². The Kier molecular flexibility index (Phi) is 12.8. The van der Waals surface area contributed by atoms with Crippen molar-refractivity contribution in [2.75, 3.05) is 0 Å². The summed E-state index contributed by atoms with van der Waals surface area (Å²) in [7, 11) is 0. The Hall–Kier alpha value is -0.790. The molecule has 0 spiro atoms. The third-order valence-corrected chi connectivity index (χ3v) is 6.44. The van der Waals surface area contributed by atoms with Gasteiger partial charge in [0.05, 0.1) is 0 Å². The summed E-state index contributed by atoms with van der Waals surface area (Å²) in [5.74, 6) is 1.34. The second kappa shape index (κ2) is 14.3. The van der Waals surface area contributed by atoms with Crippen molar-refractivity contribution in [1.82, 2.24) is 0 Å². The lowest BCUT2D eigenvalue weighted by atomic mass is 9.79. The highest BCUT2D eigenvalue weighted by atomic mass is 16.4. The minimum Gasteiger partial charge on any atom is -0.478 e. The molecule has 2 aliphatic carbocycles. The number of carboxylic acid groups (broad SMARTS) is 1. The van der Waals surface area contributed by atoms with E-state index in [0.29, 0.717) is 0 Å². The van der Waals surface area contributed by atoms with E-state index in [9.17, 15) is 4.79 Å². The molecule has 0 aliphatic heterocycles. The van der Waals surface area contributed by atoms with Crippen molar-refractivity contribution >= 4 is 5.97 Å². The number of hydrogen-bond acceptors (Lipinski definition) is 1. The van der Waals surface area contributed by atoms with E-state index < -0.39 is 5.97 Å². The Morgan fingerprint density at radius 1 is 0.692 bits per heavy atom. The normalized spacial score (nSPS) is 21.8. The van der Waals surface area contributed by atoms with Crippen molar-refractivity contribution in [2.45, 2.75) is 117 Å². The van der Waals surface area contributed by atoms with Crippen LogP contribution >= 0.6 is 0 Å². The SMILES string of the molecule is C1CCCCC(C2CCCCCCCC2)CCC1.C=C(C(=O)O)C(C)C. The molecule has 2 fully saturated rings. The maximum atomic E-state index is 10.0. The van der Waals surface area contributed by atoms with E-state index in [0.717, 1.165) is 11.8 Å². The van der Waals surface area contributed by atoms with Gasteiger partial charge in [-0.05, 0) is 17.8 Å². The quantitative estimate of drug-likeness (QED) is 0.519. The Morgan fingerprint density at radius 3 is 1.15 bits per heavy atom. The monoisotopic (exact) mass is 364 g/mol. The number of hydrogen-bond donors (Lipinski definition) is 1. The number of carbonyl (C=O) groups is 1. The van der Waals surface area contributed by atoms with Crippen LogP contribution in [0.15, 0.2) is 12.2 Å². The first-order chi connectivity index (χ1) is 12.5. The van der Waals surface area contributed by atoms with Gasteiger partial charge in [-0.2, -0.15) is 0 Å². The Balaban J connectivity index is 0.000000359. The lowest BCUT2D eigenvalue weighted by Gasteiger charge is -2.27. The van der Waals surface area contributed by atoms with Gasteiger partial charge in [-0.3, -0.25) is 0 Å². The van der Waals surface area contributed by atoms with Gasteiger partial charge in [0.2, 0.25) is 0 Å². The summed E-state index contributed by atoms with van der Waals surface area (Å²) in [5, 5.41) is 8.25. The van der Waals surface area contributed by atoms with E-state index in [2.05, 4.69) is 6.58 Å². The number of aliphatic carboxylic acids is 1. The van der Waals surface area contributed by atoms with Crippen LogP contribution in [0.5, 0.6) is 0 Å². The fourth-order valence-corrected chi connectivity index (χ4v) is 4.52. The molecule has 152 valence electrons. The molecule has 0 saturated heterocycles. The van der Waals surface area contributed by atoms with Crippen molar-refractivity contribution in [2.24, 2.45) is 17.8 Å². The van der Waals surface area contributed by atoms with Crippen LogP contribution in [0, 0.1) is 17.8 Å². The molecular formula is C24H44O2. The first kappa shape index (κ1) is 23.2. The zero-order valence-corrected chi connectivity index (χ0v) is 17.6. The minimum atomic E-state index is -0.903. The molecule has 0 amide bonds. The van der Waals surface area contributed by atoms with Crippen LogP contribution in [-0.4, -0.2) is 11.1 Å². The molecular weight excluding hydrogens is 320 g/mol. The van der Waals surface area contributed by atoms with Crippen molar-refractivity contribution in [3.63, 3.8) is 0 Å². The van der Waals surface area contributed by atoms with Gasteiger partial charge in [-0.15, -0.1) is 0 Å². The molecule has 2 saturated carbocycles. The molecule has 0 atom stereocenters. The predicted octanol–water partition coefficient (Wildman–Crippen LogP) is 7.77. The molecule has 2 nitrogen and oxygen atoms in total. The molecule has 2 rings (SSSR count). The second-order valence-electron chi connectivity index (χ2n) is 8.90. The van der Waals surface area contributed by atoms with Gasteiger partial charge in [0.1, 0.15) is 0 Å². The minimum absolute atomic E-state index is 0.0486. The van der Waals surface area contributed by atoms with Crippen LogP contribution < -0.4 is 0 Å². The van der Waals surface area contributed by atoms with E-state index in [1.165, 1.54) is 77.0 Å². The summed E-state index contributed by atoms with van der Waals surface area (Å²) in [6.07, 6.45) is 24.5. The third-order valence-electron chi connectivity index (χ3n) is 6.44. The smallest absolute Gasteiger partial charge is 0.331 e. The highest BCUT2D eigenvalue weighted by molar-refractivity contribution is 5.86. The van der Waals surface area contributed by atoms with E-state index in [-0.39, 0.29) is 11.5 Å². The molecule has 0 aromatic rings. The first-order valence-electron chi connectivity index (χ1n) is 11.4. The summed E-state index contributed by atoms with van der Waals surface area (Å²) in [6, 6.07) is 0. The van der Waals surface area contributed by atoms with Crippen LogP contribution in [0.4, 0.5) is 0 Å². The summed E-state index contributed by atoms with van der Waals surface area (Å²) in [5.41, 5.74) is 0.269. The zero-order chi connectivity index (χ0) is 19.2. The van der Waals surface area contributed by atoms with Crippen molar-refractivity contribution < 1.29 is 9.90 Å². The van der Waals surface area contributed by atoms with Crippen molar-refractivity contribution in [3.05, 3.63) is 12.2 Å². The Morgan fingerprint density at radius 2 is 0.962 bits per heavy atom. The number of rotatable bonds is 3. The molecule has 1 N–H and O–H groups in total. The maximum absolute atomic E-state index is 10.0. The van der Waals surface area contributed by atoms with Crippen LogP contribution in [0.1, 0.15) is 117 Å². The van der Waals surface area contributed by atoms with E-state index >= 15 is 0 Å². The summed E-state index contributed by atoms with van der Waals surface area (Å²) in [6.45, 7) is 6.96. The highest BCUT2D eigenvalue weighted by Crippen LogP contribution is 2.35. The molecule has 0 aromatic carbocycles. The van der Waals surface area contributed by atoms with Gasteiger partial charge < -0.3 is 5.11 Å². The Labute approximate surface area is 162 Å². The van der Waals surface area contributed by atoms with E-state index in [4.69, 9.17) is 5.11 Å². The largest absolute Gasteiger partial charge is 0.478 e. The fourth-order valence-electron chi connectivity index (χ4n) is 4.52. The van der Waals surface area contributed by atoms with Gasteiger partial charge in [0.25, 0.3) is 0 Å². The third kappa shape index (κ3) is 10.4. The van der Waals surface area contributed by atoms with Crippen LogP contribution in [0.3, 0.4) is 0 Å². The average Bonchev–Trinajstić information content (AvgIpc) is 2.84. The predicted molar refractivity (Wildman–Crippen MR) is 112 cm³/mol. The fraction of sp³-hybridized carbons (Fsp3) is 0.875. The van der Waals surface area contributed by atoms with Crippen molar-refractivity contribution in [1.29, 1.82) is 0 Å². The molecule has 0 radical (unpaired) electrons. The molecule has 2 aliphatic rings. The van der Waals surface area contributed by atoms with Gasteiger partial charge in [-0.25, -0.2) is 4.79 Å². The topological polar surface area (TPSA) is 37.3 Å². The first-order valence-corrected chi connectivity index (χ1v) is 11.4. The van der Waals surface area contributed by atoms with Crippen LogP contribution in [-0.2, 0) is 4.79 Å². The summed E-state index contributed by atoms with van der Waals surface area (Å²) in [4.78, 5) is 10.0. The van der Waals surface area contributed by atoms with E-state index in [1.807, 2.05) is 0 Å². The number of carboxylic acids is 1. The van der Waals surface area contributed by atoms with Gasteiger partial charge in [-0.1, -0.05) is 123 Å². The van der Waals surface area contributed by atoms with Gasteiger partial charge >= 0.3 is 5.97 Å². The van der Waals surface area contributed by atoms with E-state index in [1.54, 1.807) is 39.5 Å². The zero-order valence-electron chi connectivity index (χ0n) is 17.6. The molecule has 0 aromatic heterocycles. The standard InChI is InChI=1S/C18H34.C6H10O2/c1-2-6-10-14-17(13-9-5-1)18-15-11-7-3-4-8-12-16-18;1-4(2)5(3)6(7)8/h17-18H,1-16H2;4H,3H2,1-2H3,(H,7,8). The lowest BCUT2D eigenvalue weighted by molar-refractivity contribution is -0.133. The van der Waals surface area contributed by atoms with Crippen molar-refractivity contribution in [3.8, 4) is 0 Å². The second-order valence-corrected chi connectivity index (χ2v) is 8.90. The molecule has 0 unspecified atom stereocenters. The van der Waals surface area contributed by atoms with Gasteiger partial charge in [0, 0.05) is 5.57 Å². The highest BCUT2D eigenvalue weighted by Gasteiger charge is 2.21.